The number of aliphatic hydroxyl groups is 1. The molecule has 0 aliphatic rings. The summed E-state index contributed by atoms with van der Waals surface area (Å²) in [7, 11) is 0. The molecule has 128 valence electrons. The Kier molecular flexibility index (Phi) is 5.15. The molecule has 25 heavy (non-hydrogen) atoms. The van der Waals surface area contributed by atoms with Crippen LogP contribution in [0.5, 0.6) is 0 Å². The van der Waals surface area contributed by atoms with E-state index in [1.54, 1.807) is 12.1 Å². The zero-order valence-electron chi connectivity index (χ0n) is 13.3. The van der Waals surface area contributed by atoms with Gasteiger partial charge in [0.2, 0.25) is 5.91 Å². The van der Waals surface area contributed by atoms with Crippen LogP contribution in [-0.4, -0.2) is 32.7 Å². The number of aromatic amines is 1. The van der Waals surface area contributed by atoms with Gasteiger partial charge in [0.15, 0.2) is 5.82 Å². The summed E-state index contributed by atoms with van der Waals surface area (Å²) in [6.07, 6.45) is 0.494. The third-order valence-corrected chi connectivity index (χ3v) is 3.75. The Morgan fingerprint density at radius 1 is 1.16 bits per heavy atom. The molecule has 0 aliphatic heterocycles. The van der Waals surface area contributed by atoms with Crippen LogP contribution < -0.4 is 4.90 Å². The smallest absolute Gasteiger partial charge is 0.234 e. The summed E-state index contributed by atoms with van der Waals surface area (Å²) < 4.78 is 13.2. The number of nitrogens with zero attached hydrogens (tertiary/aromatic N) is 3. The zero-order chi connectivity index (χ0) is 17.6. The van der Waals surface area contributed by atoms with Crippen molar-refractivity contribution in [2.75, 3.05) is 11.4 Å². The summed E-state index contributed by atoms with van der Waals surface area (Å²) in [5.41, 5.74) is 1.19. The number of aliphatic hydroxyl groups excluding tert-OH is 1. The van der Waals surface area contributed by atoms with Crippen molar-refractivity contribution in [2.24, 2.45) is 0 Å². The molecule has 3 aromatic rings. The number of rotatable bonds is 6. The number of hydrogen-bond acceptors (Lipinski definition) is 4. The van der Waals surface area contributed by atoms with Crippen molar-refractivity contribution in [1.29, 1.82) is 0 Å². The second kappa shape index (κ2) is 7.67. The number of carbonyl (C=O) groups is 1. The van der Waals surface area contributed by atoms with Crippen LogP contribution in [0, 0.1) is 5.82 Å². The van der Waals surface area contributed by atoms with Gasteiger partial charge in [-0.25, -0.2) is 9.37 Å². The highest BCUT2D eigenvalue weighted by Crippen LogP contribution is 2.21. The standard InChI is InChI=1S/C18H17FN4O2/c19-14-6-8-15(9-7-14)23(18(25)10-17-20-12-21-22-17)11-16(24)13-4-2-1-3-5-13/h1-9,12,16,24H,10-11H2,(H,20,21,22). The first-order chi connectivity index (χ1) is 12.1. The Hall–Kier alpha value is -3.06. The van der Waals surface area contributed by atoms with Crippen LogP contribution in [0.3, 0.4) is 0 Å². The Morgan fingerprint density at radius 2 is 1.88 bits per heavy atom. The van der Waals surface area contributed by atoms with Crippen LogP contribution >= 0.6 is 0 Å². The summed E-state index contributed by atoms with van der Waals surface area (Å²) in [4.78, 5) is 18.0. The van der Waals surface area contributed by atoms with Crippen molar-refractivity contribution in [1.82, 2.24) is 15.2 Å². The largest absolute Gasteiger partial charge is 0.387 e. The summed E-state index contributed by atoms with van der Waals surface area (Å²) in [6, 6.07) is 14.6. The molecule has 6 nitrogen and oxygen atoms in total. The lowest BCUT2D eigenvalue weighted by molar-refractivity contribution is -0.118. The van der Waals surface area contributed by atoms with Crippen LogP contribution in [0.25, 0.3) is 0 Å². The highest BCUT2D eigenvalue weighted by molar-refractivity contribution is 5.94. The average molecular weight is 340 g/mol. The van der Waals surface area contributed by atoms with Gasteiger partial charge in [-0.2, -0.15) is 5.10 Å². The fraction of sp³-hybridized carbons (Fsp3) is 0.167. The Labute approximate surface area is 144 Å². The van der Waals surface area contributed by atoms with E-state index in [0.717, 1.165) is 0 Å². The van der Waals surface area contributed by atoms with E-state index in [4.69, 9.17) is 0 Å². The van der Waals surface area contributed by atoms with Gasteiger partial charge >= 0.3 is 0 Å². The van der Waals surface area contributed by atoms with E-state index in [9.17, 15) is 14.3 Å². The van der Waals surface area contributed by atoms with E-state index in [-0.39, 0.29) is 18.9 Å². The molecule has 1 amide bonds. The molecule has 7 heteroatoms. The third kappa shape index (κ3) is 4.27. The van der Waals surface area contributed by atoms with Gasteiger partial charge in [0.1, 0.15) is 12.1 Å². The van der Waals surface area contributed by atoms with Gasteiger partial charge in [-0.3, -0.25) is 9.89 Å². The molecule has 2 aromatic carbocycles. The Morgan fingerprint density at radius 3 is 2.52 bits per heavy atom. The fourth-order valence-corrected chi connectivity index (χ4v) is 2.48. The molecule has 0 bridgehead atoms. The molecular formula is C18H17FN4O2. The minimum atomic E-state index is -0.873. The molecule has 0 fully saturated rings. The number of benzene rings is 2. The highest BCUT2D eigenvalue weighted by Gasteiger charge is 2.21. The average Bonchev–Trinajstić information content (AvgIpc) is 3.14. The zero-order valence-corrected chi connectivity index (χ0v) is 13.3. The maximum atomic E-state index is 13.2. The first kappa shape index (κ1) is 16.8. The molecule has 1 atom stereocenters. The number of H-pyrrole nitrogens is 1. The molecule has 1 aromatic heterocycles. The van der Waals surface area contributed by atoms with Crippen molar-refractivity contribution >= 4 is 11.6 Å². The minimum absolute atomic E-state index is 0.0254. The van der Waals surface area contributed by atoms with Gasteiger partial charge in [-0.15, -0.1) is 0 Å². The van der Waals surface area contributed by atoms with Gasteiger partial charge in [-0.1, -0.05) is 30.3 Å². The van der Waals surface area contributed by atoms with Crippen LogP contribution in [0.2, 0.25) is 0 Å². The molecule has 0 saturated heterocycles. The second-order valence-corrected chi connectivity index (χ2v) is 5.50. The number of anilines is 1. The first-order valence-electron chi connectivity index (χ1n) is 7.77. The van der Waals surface area contributed by atoms with Crippen LogP contribution in [0.4, 0.5) is 10.1 Å². The van der Waals surface area contributed by atoms with Gasteiger partial charge in [0, 0.05) is 5.69 Å². The van der Waals surface area contributed by atoms with E-state index in [0.29, 0.717) is 17.1 Å². The van der Waals surface area contributed by atoms with Gasteiger partial charge < -0.3 is 10.0 Å². The maximum Gasteiger partial charge on any atom is 0.234 e. The Balaban J connectivity index is 1.83. The lowest BCUT2D eigenvalue weighted by Crippen LogP contribution is -2.36. The normalized spacial score (nSPS) is 11.9. The topological polar surface area (TPSA) is 82.1 Å². The second-order valence-electron chi connectivity index (χ2n) is 5.50. The maximum absolute atomic E-state index is 13.2. The van der Waals surface area contributed by atoms with Gasteiger partial charge in [0.05, 0.1) is 19.1 Å². The molecular weight excluding hydrogens is 323 g/mol. The van der Waals surface area contributed by atoms with E-state index in [2.05, 4.69) is 15.2 Å². The van der Waals surface area contributed by atoms with Crippen LogP contribution in [0.1, 0.15) is 17.5 Å². The molecule has 1 unspecified atom stereocenters. The van der Waals surface area contributed by atoms with Crippen molar-refractivity contribution in [3.8, 4) is 0 Å². The number of aromatic nitrogens is 3. The van der Waals surface area contributed by atoms with E-state index in [1.807, 2.05) is 18.2 Å². The van der Waals surface area contributed by atoms with Crippen molar-refractivity contribution in [3.63, 3.8) is 0 Å². The van der Waals surface area contributed by atoms with Gasteiger partial charge in [0.25, 0.3) is 0 Å². The van der Waals surface area contributed by atoms with E-state index in [1.165, 1.54) is 35.5 Å². The molecule has 0 aliphatic carbocycles. The molecule has 3 rings (SSSR count). The first-order valence-corrected chi connectivity index (χ1v) is 7.77. The third-order valence-electron chi connectivity index (χ3n) is 3.75. The predicted molar refractivity (Wildman–Crippen MR) is 90.2 cm³/mol. The summed E-state index contributed by atoms with van der Waals surface area (Å²) >= 11 is 0. The quantitative estimate of drug-likeness (QED) is 0.721. The fourth-order valence-electron chi connectivity index (χ4n) is 2.48. The SMILES string of the molecule is O=C(Cc1nc[nH]n1)N(CC(O)c1ccccc1)c1ccc(F)cc1. The molecule has 1 heterocycles. The number of carbonyl (C=O) groups excluding carboxylic acids is 1. The lowest BCUT2D eigenvalue weighted by Gasteiger charge is -2.25. The predicted octanol–water partition coefficient (Wildman–Crippen LogP) is 2.25. The molecule has 0 spiro atoms. The Bertz CT molecular complexity index is 807. The molecule has 0 saturated carbocycles. The highest BCUT2D eigenvalue weighted by atomic mass is 19.1. The van der Waals surface area contributed by atoms with Crippen LogP contribution in [0.15, 0.2) is 60.9 Å². The van der Waals surface area contributed by atoms with Crippen molar-refractivity contribution in [3.05, 3.63) is 78.1 Å². The lowest BCUT2D eigenvalue weighted by atomic mass is 10.1. The van der Waals surface area contributed by atoms with E-state index >= 15 is 0 Å². The van der Waals surface area contributed by atoms with Crippen LogP contribution in [-0.2, 0) is 11.2 Å². The van der Waals surface area contributed by atoms with Crippen molar-refractivity contribution in [2.45, 2.75) is 12.5 Å². The minimum Gasteiger partial charge on any atom is -0.387 e. The van der Waals surface area contributed by atoms with E-state index < -0.39 is 11.9 Å². The molecule has 0 radical (unpaired) electrons. The number of nitrogens with one attached hydrogen (secondary N) is 1. The summed E-state index contributed by atoms with van der Waals surface area (Å²) in [6.45, 7) is 0.0406. The summed E-state index contributed by atoms with van der Waals surface area (Å²) in [5, 5.41) is 16.9. The number of amides is 1. The number of hydrogen-bond donors (Lipinski definition) is 2. The summed E-state index contributed by atoms with van der Waals surface area (Å²) in [5.74, 6) is -0.332. The van der Waals surface area contributed by atoms with Gasteiger partial charge in [-0.05, 0) is 29.8 Å². The van der Waals surface area contributed by atoms with Crippen molar-refractivity contribution < 1.29 is 14.3 Å². The number of halogens is 1. The molecule has 2 N–H and O–H groups in total. The monoisotopic (exact) mass is 340 g/mol.